The van der Waals surface area contributed by atoms with Crippen LogP contribution in [0.3, 0.4) is 0 Å². The van der Waals surface area contributed by atoms with Gasteiger partial charge in [-0.15, -0.1) is 24.0 Å². The molecule has 3 N–H and O–H groups in total. The van der Waals surface area contributed by atoms with Gasteiger partial charge in [-0.3, -0.25) is 9.98 Å². The second kappa shape index (κ2) is 12.4. The van der Waals surface area contributed by atoms with E-state index in [9.17, 15) is 13.2 Å². The van der Waals surface area contributed by atoms with E-state index in [1.165, 1.54) is 18.5 Å². The Bertz CT molecular complexity index is 830. The molecule has 31 heavy (non-hydrogen) atoms. The van der Waals surface area contributed by atoms with E-state index in [2.05, 4.69) is 25.3 Å². The van der Waals surface area contributed by atoms with E-state index in [4.69, 9.17) is 4.74 Å². The van der Waals surface area contributed by atoms with Crippen LogP contribution in [-0.2, 0) is 14.8 Å². The molecule has 1 aliphatic heterocycles. The summed E-state index contributed by atoms with van der Waals surface area (Å²) >= 11 is 0. The van der Waals surface area contributed by atoms with Gasteiger partial charge in [-0.05, 0) is 46.2 Å². The lowest BCUT2D eigenvalue weighted by Crippen LogP contribution is -2.44. The molecule has 0 spiro atoms. The van der Waals surface area contributed by atoms with Crippen LogP contribution in [0.25, 0.3) is 0 Å². The van der Waals surface area contributed by atoms with Crippen molar-refractivity contribution in [1.82, 2.24) is 25.2 Å². The largest absolute Gasteiger partial charge is 0.444 e. The molecule has 12 heteroatoms. The van der Waals surface area contributed by atoms with Crippen LogP contribution in [0.2, 0.25) is 0 Å². The number of rotatable bonds is 7. The number of aromatic nitrogens is 1. The molecule has 1 aliphatic rings. The number of carbonyl (C=O) groups is 1. The van der Waals surface area contributed by atoms with Gasteiger partial charge in [-0.2, -0.15) is 0 Å². The predicted octanol–water partition coefficient (Wildman–Crippen LogP) is 1.54. The molecule has 0 aliphatic carbocycles. The van der Waals surface area contributed by atoms with E-state index in [0.29, 0.717) is 19.0 Å². The number of pyridine rings is 1. The fourth-order valence-electron chi connectivity index (χ4n) is 2.90. The molecule has 2 rings (SSSR count). The molecule has 1 aromatic heterocycles. The van der Waals surface area contributed by atoms with Crippen LogP contribution >= 0.6 is 24.0 Å². The number of hydrogen-bond donors (Lipinski definition) is 3. The summed E-state index contributed by atoms with van der Waals surface area (Å²) in [5.41, 5.74) is -0.540. The normalized spacial score (nSPS) is 17.1. The summed E-state index contributed by atoms with van der Waals surface area (Å²) in [6, 6.07) is 3.03. The van der Waals surface area contributed by atoms with Gasteiger partial charge in [-0.25, -0.2) is 17.9 Å². The second-order valence-electron chi connectivity index (χ2n) is 7.90. The van der Waals surface area contributed by atoms with Gasteiger partial charge in [0.25, 0.3) is 0 Å². The summed E-state index contributed by atoms with van der Waals surface area (Å²) in [4.78, 5) is 22.5. The number of guanidine groups is 1. The lowest BCUT2D eigenvalue weighted by atomic mass is 10.2. The van der Waals surface area contributed by atoms with E-state index in [1.54, 1.807) is 6.07 Å². The van der Waals surface area contributed by atoms with Crippen LogP contribution in [0.1, 0.15) is 34.1 Å². The summed E-state index contributed by atoms with van der Waals surface area (Å²) < 4.78 is 32.3. The quantitative estimate of drug-likeness (QED) is 0.197. The average molecular weight is 568 g/mol. The van der Waals surface area contributed by atoms with E-state index >= 15 is 0 Å². The predicted molar refractivity (Wildman–Crippen MR) is 130 cm³/mol. The Morgan fingerprint density at radius 1 is 1.39 bits per heavy atom. The molecular formula is C19H33IN6O4S. The van der Waals surface area contributed by atoms with E-state index in [0.717, 1.165) is 13.0 Å². The molecule has 10 nitrogen and oxygen atoms in total. The van der Waals surface area contributed by atoms with Crippen molar-refractivity contribution in [3.05, 3.63) is 24.5 Å². The molecule has 0 bridgehead atoms. The van der Waals surface area contributed by atoms with Crippen molar-refractivity contribution in [3.63, 3.8) is 0 Å². The highest BCUT2D eigenvalue weighted by Gasteiger charge is 2.27. The van der Waals surface area contributed by atoms with Crippen LogP contribution in [0.5, 0.6) is 0 Å². The fraction of sp³-hybridized carbons (Fsp3) is 0.632. The van der Waals surface area contributed by atoms with Crippen molar-refractivity contribution in [3.8, 4) is 0 Å². The molecule has 1 atom stereocenters. The minimum Gasteiger partial charge on any atom is -0.444 e. The minimum atomic E-state index is -3.60. The van der Waals surface area contributed by atoms with Crippen LogP contribution in [0.15, 0.2) is 34.4 Å². The third-order valence-corrected chi connectivity index (χ3v) is 5.60. The zero-order valence-corrected chi connectivity index (χ0v) is 21.6. The molecule has 1 fully saturated rings. The Hall–Kier alpha value is -1.67. The third-order valence-electron chi connectivity index (χ3n) is 4.15. The maximum Gasteiger partial charge on any atom is 0.407 e. The zero-order valence-electron chi connectivity index (χ0n) is 18.4. The number of nitrogens with zero attached hydrogens (tertiary/aromatic N) is 3. The smallest absolute Gasteiger partial charge is 0.407 e. The van der Waals surface area contributed by atoms with Gasteiger partial charge in [0.05, 0.1) is 12.6 Å². The van der Waals surface area contributed by atoms with Gasteiger partial charge in [0.1, 0.15) is 10.5 Å². The number of sulfonamides is 1. The summed E-state index contributed by atoms with van der Waals surface area (Å²) in [5, 5.41) is 6.10. The van der Waals surface area contributed by atoms with Crippen molar-refractivity contribution >= 4 is 46.1 Å². The minimum absolute atomic E-state index is 0. The topological polar surface area (TPSA) is 125 Å². The highest BCUT2D eigenvalue weighted by atomic mass is 127. The third kappa shape index (κ3) is 9.56. The summed E-state index contributed by atoms with van der Waals surface area (Å²) in [6.07, 6.45) is 3.17. The van der Waals surface area contributed by atoms with Gasteiger partial charge in [0.15, 0.2) is 5.96 Å². The molecule has 0 saturated carbocycles. The van der Waals surface area contributed by atoms with Crippen molar-refractivity contribution in [2.75, 3.05) is 32.7 Å². The summed E-state index contributed by atoms with van der Waals surface area (Å²) in [7, 11) is -3.60. The van der Waals surface area contributed by atoms with E-state index in [-0.39, 0.29) is 48.0 Å². The maximum absolute atomic E-state index is 12.2. The molecule has 1 saturated heterocycles. The molecule has 1 aromatic rings. The van der Waals surface area contributed by atoms with Gasteiger partial charge < -0.3 is 20.3 Å². The lowest BCUT2D eigenvalue weighted by Gasteiger charge is -2.23. The average Bonchev–Trinajstić information content (AvgIpc) is 3.11. The van der Waals surface area contributed by atoms with Crippen LogP contribution < -0.4 is 15.4 Å². The first-order valence-electron chi connectivity index (χ1n) is 10.0. The molecule has 1 unspecified atom stereocenters. The van der Waals surface area contributed by atoms with E-state index in [1.807, 2.05) is 32.6 Å². The van der Waals surface area contributed by atoms with Crippen LogP contribution in [0.4, 0.5) is 4.79 Å². The number of hydrogen-bond acceptors (Lipinski definition) is 6. The molecule has 0 aromatic carbocycles. The first-order valence-corrected chi connectivity index (χ1v) is 11.5. The second-order valence-corrected chi connectivity index (χ2v) is 9.67. The van der Waals surface area contributed by atoms with Crippen molar-refractivity contribution < 1.29 is 17.9 Å². The number of nitrogens with one attached hydrogen (secondary N) is 3. The standard InChI is InChI=1S/C19H32N6O4S.HI/c1-5-21-17(22-10-11-23-30(27,28)16-7-6-9-20-13-16)25-12-8-15(14-25)24-18(26)29-19(2,3)4;/h6-7,9,13,15,23H,5,8,10-12,14H2,1-4H3,(H,21,22)(H,24,26);1H. The molecule has 2 heterocycles. The first-order chi connectivity index (χ1) is 14.1. The van der Waals surface area contributed by atoms with Crippen LogP contribution in [0, 0.1) is 0 Å². The Balaban J connectivity index is 0.00000480. The zero-order chi connectivity index (χ0) is 22.2. The molecule has 0 radical (unpaired) electrons. The van der Waals surface area contributed by atoms with Crippen molar-refractivity contribution in [2.45, 2.75) is 50.7 Å². The first kappa shape index (κ1) is 27.4. The monoisotopic (exact) mass is 568 g/mol. The Kier molecular flexibility index (Phi) is 10.9. The number of halogens is 1. The Labute approximate surface area is 201 Å². The number of likely N-dealkylation sites (tertiary alicyclic amines) is 1. The number of aliphatic imine (C=N–C) groups is 1. The maximum atomic E-state index is 12.2. The number of carbonyl (C=O) groups excluding carboxylic acids is 1. The Morgan fingerprint density at radius 3 is 2.74 bits per heavy atom. The lowest BCUT2D eigenvalue weighted by molar-refractivity contribution is 0.0507. The summed E-state index contributed by atoms with van der Waals surface area (Å²) in [5.74, 6) is 0.687. The number of alkyl carbamates (subject to hydrolysis) is 1. The van der Waals surface area contributed by atoms with Crippen molar-refractivity contribution in [2.24, 2.45) is 4.99 Å². The molecule has 176 valence electrons. The Morgan fingerprint density at radius 2 is 2.13 bits per heavy atom. The van der Waals surface area contributed by atoms with Gasteiger partial charge in [0, 0.05) is 38.6 Å². The SMILES string of the molecule is CCNC(=NCCNS(=O)(=O)c1cccnc1)N1CCC(NC(=O)OC(C)(C)C)C1.I. The van der Waals surface area contributed by atoms with Crippen LogP contribution in [-0.4, -0.2) is 74.7 Å². The fourth-order valence-corrected chi connectivity index (χ4v) is 3.89. The van der Waals surface area contributed by atoms with Gasteiger partial charge in [0.2, 0.25) is 10.0 Å². The molecule has 1 amide bonds. The molecular weight excluding hydrogens is 535 g/mol. The highest BCUT2D eigenvalue weighted by Crippen LogP contribution is 2.12. The van der Waals surface area contributed by atoms with Gasteiger partial charge in [-0.1, -0.05) is 0 Å². The number of ether oxygens (including phenoxy) is 1. The van der Waals surface area contributed by atoms with Crippen molar-refractivity contribution in [1.29, 1.82) is 0 Å². The highest BCUT2D eigenvalue weighted by molar-refractivity contribution is 14.0. The van der Waals surface area contributed by atoms with E-state index < -0.39 is 21.7 Å². The van der Waals surface area contributed by atoms with Gasteiger partial charge >= 0.3 is 6.09 Å². The number of amides is 1. The summed E-state index contributed by atoms with van der Waals surface area (Å²) in [6.45, 7) is 9.90.